The predicted molar refractivity (Wildman–Crippen MR) is 126 cm³/mol. The van der Waals surface area contributed by atoms with Gasteiger partial charge in [0.05, 0.1) is 28.9 Å². The number of hydrogen-bond donors (Lipinski definition) is 0. The van der Waals surface area contributed by atoms with Gasteiger partial charge in [-0.05, 0) is 49.1 Å². The van der Waals surface area contributed by atoms with E-state index in [9.17, 15) is 4.79 Å². The van der Waals surface area contributed by atoms with E-state index in [0.29, 0.717) is 23.8 Å². The largest absolute Gasteiger partial charge is 0.494 e. The highest BCUT2D eigenvalue weighted by Gasteiger charge is 2.23. The van der Waals surface area contributed by atoms with Crippen LogP contribution in [-0.2, 0) is 6.54 Å². The van der Waals surface area contributed by atoms with Gasteiger partial charge in [-0.25, -0.2) is 4.98 Å². The van der Waals surface area contributed by atoms with Crippen LogP contribution >= 0.6 is 23.1 Å². The van der Waals surface area contributed by atoms with Crippen LogP contribution in [0.3, 0.4) is 0 Å². The lowest BCUT2D eigenvalue weighted by Crippen LogP contribution is -2.30. The molecule has 1 heterocycles. The first-order chi connectivity index (χ1) is 14.7. The van der Waals surface area contributed by atoms with Crippen LogP contribution in [0.1, 0.15) is 22.8 Å². The number of thiazole rings is 1. The Bertz CT molecular complexity index is 1160. The fourth-order valence-corrected chi connectivity index (χ4v) is 4.81. The zero-order chi connectivity index (χ0) is 20.9. The van der Waals surface area contributed by atoms with Crippen molar-refractivity contribution >= 4 is 44.4 Å². The SMILES string of the molecule is CCOc1ccc2nc(N(Cc3ccccc3)C(=O)c3ccccc3SC)sc2c1. The number of hydrogen-bond acceptors (Lipinski definition) is 5. The monoisotopic (exact) mass is 434 g/mol. The maximum absolute atomic E-state index is 13.6. The zero-order valence-electron chi connectivity index (χ0n) is 16.9. The van der Waals surface area contributed by atoms with Crippen LogP contribution in [0.15, 0.2) is 77.7 Å². The molecule has 152 valence electrons. The molecule has 0 bridgehead atoms. The van der Waals surface area contributed by atoms with Crippen LogP contribution in [0.25, 0.3) is 10.2 Å². The molecule has 0 saturated carbocycles. The first-order valence-corrected chi connectivity index (χ1v) is 11.8. The van der Waals surface area contributed by atoms with E-state index >= 15 is 0 Å². The Hall–Kier alpha value is -2.83. The Morgan fingerprint density at radius 1 is 1.07 bits per heavy atom. The van der Waals surface area contributed by atoms with Crippen molar-refractivity contribution in [3.63, 3.8) is 0 Å². The first kappa shape index (κ1) is 20.4. The molecule has 0 atom stereocenters. The molecule has 4 nitrogen and oxygen atoms in total. The van der Waals surface area contributed by atoms with Gasteiger partial charge in [0, 0.05) is 4.90 Å². The molecule has 0 aliphatic carbocycles. The average molecular weight is 435 g/mol. The Labute approximate surface area is 184 Å². The molecule has 0 saturated heterocycles. The summed E-state index contributed by atoms with van der Waals surface area (Å²) >= 11 is 3.08. The van der Waals surface area contributed by atoms with Crippen molar-refractivity contribution in [3.8, 4) is 5.75 Å². The van der Waals surface area contributed by atoms with E-state index in [1.807, 2.05) is 86.0 Å². The van der Waals surface area contributed by atoms with E-state index in [2.05, 4.69) is 0 Å². The number of ether oxygens (including phenoxy) is 1. The second kappa shape index (κ2) is 9.32. The summed E-state index contributed by atoms with van der Waals surface area (Å²) in [6.45, 7) is 3.04. The minimum atomic E-state index is -0.0482. The van der Waals surface area contributed by atoms with Gasteiger partial charge in [-0.3, -0.25) is 9.69 Å². The van der Waals surface area contributed by atoms with Crippen LogP contribution < -0.4 is 9.64 Å². The Kier molecular flexibility index (Phi) is 6.35. The van der Waals surface area contributed by atoms with Crippen LogP contribution in [0.5, 0.6) is 5.75 Å². The number of amides is 1. The molecular weight excluding hydrogens is 412 g/mol. The number of benzene rings is 3. The molecule has 30 heavy (non-hydrogen) atoms. The normalized spacial score (nSPS) is 10.9. The lowest BCUT2D eigenvalue weighted by Gasteiger charge is -2.21. The molecule has 0 aliphatic heterocycles. The summed E-state index contributed by atoms with van der Waals surface area (Å²) in [5.74, 6) is 0.766. The Morgan fingerprint density at radius 2 is 1.83 bits per heavy atom. The number of rotatable bonds is 7. The second-order valence-corrected chi connectivity index (χ2v) is 8.49. The van der Waals surface area contributed by atoms with E-state index in [4.69, 9.17) is 9.72 Å². The zero-order valence-corrected chi connectivity index (χ0v) is 18.5. The number of carbonyl (C=O) groups excluding carboxylic acids is 1. The number of anilines is 1. The molecule has 0 aliphatic rings. The van der Waals surface area contributed by atoms with Gasteiger partial charge in [0.2, 0.25) is 0 Å². The third-order valence-corrected chi connectivity index (χ3v) is 6.49. The molecule has 1 aromatic heterocycles. The summed E-state index contributed by atoms with van der Waals surface area (Å²) < 4.78 is 6.62. The van der Waals surface area contributed by atoms with Crippen molar-refractivity contribution in [2.45, 2.75) is 18.4 Å². The number of aromatic nitrogens is 1. The van der Waals surface area contributed by atoms with E-state index in [1.54, 1.807) is 16.7 Å². The molecular formula is C24H22N2O2S2. The lowest BCUT2D eigenvalue weighted by atomic mass is 10.1. The van der Waals surface area contributed by atoms with Crippen molar-refractivity contribution in [2.75, 3.05) is 17.8 Å². The quantitative estimate of drug-likeness (QED) is 0.322. The standard InChI is InChI=1S/C24H22N2O2S2/c1-3-28-18-13-14-20-22(15-18)30-24(25-20)26(16-17-9-5-4-6-10-17)23(27)19-11-7-8-12-21(19)29-2/h4-15H,3,16H2,1-2H3. The molecule has 0 radical (unpaired) electrons. The third kappa shape index (κ3) is 4.35. The molecule has 6 heteroatoms. The highest BCUT2D eigenvalue weighted by molar-refractivity contribution is 7.98. The van der Waals surface area contributed by atoms with Crippen molar-refractivity contribution in [2.24, 2.45) is 0 Å². The summed E-state index contributed by atoms with van der Waals surface area (Å²) in [6, 6.07) is 23.6. The summed E-state index contributed by atoms with van der Waals surface area (Å²) in [5.41, 5.74) is 2.61. The van der Waals surface area contributed by atoms with Gasteiger partial charge in [-0.2, -0.15) is 0 Å². The number of fused-ring (bicyclic) bond motifs is 1. The van der Waals surface area contributed by atoms with Gasteiger partial charge >= 0.3 is 0 Å². The van der Waals surface area contributed by atoms with E-state index in [1.165, 1.54) is 11.3 Å². The topological polar surface area (TPSA) is 42.4 Å². The number of nitrogens with zero attached hydrogens (tertiary/aromatic N) is 2. The van der Waals surface area contributed by atoms with Crippen LogP contribution in [0, 0.1) is 0 Å². The molecule has 1 amide bonds. The smallest absolute Gasteiger partial charge is 0.261 e. The van der Waals surface area contributed by atoms with Crippen LogP contribution in [-0.4, -0.2) is 23.8 Å². The third-order valence-electron chi connectivity index (χ3n) is 4.66. The highest BCUT2D eigenvalue weighted by Crippen LogP contribution is 2.34. The van der Waals surface area contributed by atoms with Gasteiger partial charge < -0.3 is 4.74 Å². The Morgan fingerprint density at radius 3 is 2.60 bits per heavy atom. The number of thioether (sulfide) groups is 1. The van der Waals surface area contributed by atoms with Crippen molar-refractivity contribution in [3.05, 3.63) is 83.9 Å². The summed E-state index contributed by atoms with van der Waals surface area (Å²) in [6.07, 6.45) is 1.99. The fraction of sp³-hybridized carbons (Fsp3) is 0.167. The van der Waals surface area contributed by atoms with Crippen molar-refractivity contribution in [1.29, 1.82) is 0 Å². The summed E-state index contributed by atoms with van der Waals surface area (Å²) in [7, 11) is 0. The average Bonchev–Trinajstić information content (AvgIpc) is 3.21. The summed E-state index contributed by atoms with van der Waals surface area (Å²) in [5, 5.41) is 0.684. The first-order valence-electron chi connectivity index (χ1n) is 9.71. The van der Waals surface area contributed by atoms with Gasteiger partial charge in [-0.1, -0.05) is 53.8 Å². The minimum Gasteiger partial charge on any atom is -0.494 e. The highest BCUT2D eigenvalue weighted by atomic mass is 32.2. The van der Waals surface area contributed by atoms with Gasteiger partial charge in [-0.15, -0.1) is 11.8 Å². The van der Waals surface area contributed by atoms with Gasteiger partial charge in [0.15, 0.2) is 5.13 Å². The van der Waals surface area contributed by atoms with Crippen LogP contribution in [0.4, 0.5) is 5.13 Å². The van der Waals surface area contributed by atoms with Crippen molar-refractivity contribution in [1.82, 2.24) is 4.98 Å². The van der Waals surface area contributed by atoms with Crippen LogP contribution in [0.2, 0.25) is 0 Å². The molecule has 3 aromatic carbocycles. The minimum absolute atomic E-state index is 0.0482. The molecule has 4 rings (SSSR count). The second-order valence-electron chi connectivity index (χ2n) is 6.64. The van der Waals surface area contributed by atoms with E-state index in [0.717, 1.165) is 26.4 Å². The molecule has 4 aromatic rings. The van der Waals surface area contributed by atoms with E-state index in [-0.39, 0.29) is 5.91 Å². The maximum atomic E-state index is 13.6. The predicted octanol–water partition coefficient (Wildman–Crippen LogP) is 6.26. The maximum Gasteiger partial charge on any atom is 0.261 e. The van der Waals surface area contributed by atoms with Gasteiger partial charge in [0.25, 0.3) is 5.91 Å². The molecule has 0 fully saturated rings. The molecule has 0 spiro atoms. The Balaban J connectivity index is 1.77. The molecule has 0 N–H and O–H groups in total. The van der Waals surface area contributed by atoms with Crippen molar-refractivity contribution < 1.29 is 9.53 Å². The summed E-state index contributed by atoms with van der Waals surface area (Å²) in [4.78, 5) is 21.1. The number of carbonyl (C=O) groups is 1. The van der Waals surface area contributed by atoms with E-state index < -0.39 is 0 Å². The van der Waals surface area contributed by atoms with Gasteiger partial charge in [0.1, 0.15) is 5.75 Å². The fourth-order valence-electron chi connectivity index (χ4n) is 3.22. The molecule has 0 unspecified atom stereocenters. The lowest BCUT2D eigenvalue weighted by molar-refractivity contribution is 0.0982.